The second kappa shape index (κ2) is 4.97. The molecule has 0 spiro atoms. The lowest BCUT2D eigenvalue weighted by atomic mass is 9.95. The van der Waals surface area contributed by atoms with Gasteiger partial charge in [-0.25, -0.2) is 0 Å². The lowest BCUT2D eigenvalue weighted by molar-refractivity contribution is -0.119. The van der Waals surface area contributed by atoms with Crippen molar-refractivity contribution in [2.45, 2.75) is 57.8 Å². The van der Waals surface area contributed by atoms with Gasteiger partial charge in [-0.15, -0.1) is 0 Å². The number of carbonyl (C=O) groups is 1. The molecule has 2 saturated heterocycles. The van der Waals surface area contributed by atoms with Crippen molar-refractivity contribution in [3.63, 3.8) is 0 Å². The molecule has 19 heavy (non-hydrogen) atoms. The monoisotopic (exact) mass is 258 g/mol. The van der Waals surface area contributed by atoms with Crippen LogP contribution in [0.2, 0.25) is 0 Å². The van der Waals surface area contributed by atoms with Gasteiger partial charge in [0.25, 0.3) is 0 Å². The van der Waals surface area contributed by atoms with E-state index in [9.17, 15) is 4.79 Å². The Morgan fingerprint density at radius 1 is 1.32 bits per heavy atom. The Morgan fingerprint density at radius 3 is 2.74 bits per heavy atom. The Morgan fingerprint density at radius 2 is 2.05 bits per heavy atom. The predicted octanol–water partition coefficient (Wildman–Crippen LogP) is 2.24. The van der Waals surface area contributed by atoms with E-state index in [2.05, 4.69) is 41.4 Å². The van der Waals surface area contributed by atoms with Crippen molar-refractivity contribution in [3.05, 3.63) is 35.4 Å². The van der Waals surface area contributed by atoms with E-state index in [-0.39, 0.29) is 5.91 Å². The third-order valence-corrected chi connectivity index (χ3v) is 4.56. The van der Waals surface area contributed by atoms with Crippen molar-refractivity contribution in [1.82, 2.24) is 10.2 Å². The van der Waals surface area contributed by atoms with Crippen LogP contribution in [0.1, 0.15) is 37.3 Å². The average Bonchev–Trinajstić information content (AvgIpc) is 2.88. The minimum Gasteiger partial charge on any atom is -0.352 e. The highest BCUT2D eigenvalue weighted by Crippen LogP contribution is 2.38. The van der Waals surface area contributed by atoms with Crippen molar-refractivity contribution in [2.24, 2.45) is 0 Å². The van der Waals surface area contributed by atoms with E-state index in [0.29, 0.717) is 18.1 Å². The molecule has 1 amide bonds. The van der Waals surface area contributed by atoms with Gasteiger partial charge >= 0.3 is 0 Å². The third-order valence-electron chi connectivity index (χ3n) is 4.56. The quantitative estimate of drug-likeness (QED) is 0.901. The maximum atomic E-state index is 11.2. The molecule has 3 nitrogen and oxygen atoms in total. The van der Waals surface area contributed by atoms with Crippen LogP contribution in [0, 0.1) is 6.92 Å². The molecule has 2 aliphatic heterocycles. The van der Waals surface area contributed by atoms with E-state index in [1.54, 1.807) is 6.92 Å². The van der Waals surface area contributed by atoms with Crippen LogP contribution in [0.4, 0.5) is 0 Å². The molecule has 2 fully saturated rings. The second-order valence-electron chi connectivity index (χ2n) is 6.00. The number of carbonyl (C=O) groups excluding carboxylic acids is 1. The van der Waals surface area contributed by atoms with Gasteiger partial charge in [-0.05, 0) is 31.7 Å². The lowest BCUT2D eigenvalue weighted by Gasteiger charge is -2.24. The molecule has 102 valence electrons. The van der Waals surface area contributed by atoms with E-state index < -0.39 is 0 Å². The highest BCUT2D eigenvalue weighted by molar-refractivity contribution is 5.73. The van der Waals surface area contributed by atoms with Gasteiger partial charge in [-0.2, -0.15) is 0 Å². The molecular formula is C16H22N2O. The Hall–Kier alpha value is -1.35. The first-order chi connectivity index (χ1) is 9.13. The normalized spacial score (nSPS) is 29.7. The van der Waals surface area contributed by atoms with Gasteiger partial charge in [-0.1, -0.05) is 29.8 Å². The smallest absolute Gasteiger partial charge is 0.217 e. The molecule has 0 aliphatic carbocycles. The van der Waals surface area contributed by atoms with Crippen LogP contribution in [-0.2, 0) is 11.3 Å². The Labute approximate surface area is 115 Å². The lowest BCUT2D eigenvalue weighted by Crippen LogP contribution is -2.42. The number of nitrogens with zero attached hydrogens (tertiary/aromatic N) is 1. The van der Waals surface area contributed by atoms with Crippen LogP contribution < -0.4 is 5.32 Å². The van der Waals surface area contributed by atoms with E-state index in [1.807, 2.05) is 0 Å². The molecule has 0 saturated carbocycles. The summed E-state index contributed by atoms with van der Waals surface area (Å²) in [5.74, 6) is 0.104. The third kappa shape index (κ3) is 2.52. The topological polar surface area (TPSA) is 32.3 Å². The Kier molecular flexibility index (Phi) is 3.31. The van der Waals surface area contributed by atoms with Gasteiger partial charge in [0.1, 0.15) is 0 Å². The van der Waals surface area contributed by atoms with Gasteiger partial charge < -0.3 is 5.32 Å². The summed E-state index contributed by atoms with van der Waals surface area (Å²) in [6, 6.07) is 10.4. The number of nitrogens with one attached hydrogen (secondary N) is 1. The summed E-state index contributed by atoms with van der Waals surface area (Å²) in [6.45, 7) is 4.76. The zero-order valence-corrected chi connectivity index (χ0v) is 11.7. The highest BCUT2D eigenvalue weighted by atomic mass is 16.1. The zero-order valence-electron chi connectivity index (χ0n) is 11.7. The molecule has 1 aromatic rings. The first kappa shape index (κ1) is 12.7. The SMILES string of the molecule is CC(=O)NC1CC2CCC1N2Cc1ccc(C)cc1. The minimum absolute atomic E-state index is 0.104. The summed E-state index contributed by atoms with van der Waals surface area (Å²) < 4.78 is 0. The van der Waals surface area contributed by atoms with Crippen molar-refractivity contribution in [3.8, 4) is 0 Å². The minimum atomic E-state index is 0.104. The highest BCUT2D eigenvalue weighted by Gasteiger charge is 2.46. The van der Waals surface area contributed by atoms with Crippen molar-refractivity contribution >= 4 is 5.91 Å². The van der Waals surface area contributed by atoms with Gasteiger partial charge in [-0.3, -0.25) is 9.69 Å². The number of hydrogen-bond acceptors (Lipinski definition) is 2. The van der Waals surface area contributed by atoms with E-state index in [4.69, 9.17) is 0 Å². The molecule has 3 heteroatoms. The summed E-state index contributed by atoms with van der Waals surface area (Å²) in [5, 5.41) is 3.12. The summed E-state index contributed by atoms with van der Waals surface area (Å²) >= 11 is 0. The first-order valence-electron chi connectivity index (χ1n) is 7.22. The van der Waals surface area contributed by atoms with Crippen LogP contribution in [-0.4, -0.2) is 28.9 Å². The fourth-order valence-corrected chi connectivity index (χ4v) is 3.67. The number of benzene rings is 1. The summed E-state index contributed by atoms with van der Waals surface area (Å²) in [6.07, 6.45) is 3.63. The first-order valence-corrected chi connectivity index (χ1v) is 7.22. The van der Waals surface area contributed by atoms with Gasteiger partial charge in [0, 0.05) is 31.6 Å². The Balaban J connectivity index is 1.69. The number of hydrogen-bond donors (Lipinski definition) is 1. The van der Waals surface area contributed by atoms with E-state index in [1.165, 1.54) is 24.0 Å². The zero-order chi connectivity index (χ0) is 13.4. The summed E-state index contributed by atoms with van der Waals surface area (Å²) in [4.78, 5) is 13.8. The maximum absolute atomic E-state index is 11.2. The molecular weight excluding hydrogens is 236 g/mol. The van der Waals surface area contributed by atoms with Crippen LogP contribution in [0.5, 0.6) is 0 Å². The van der Waals surface area contributed by atoms with Crippen LogP contribution >= 0.6 is 0 Å². The van der Waals surface area contributed by atoms with Crippen molar-refractivity contribution < 1.29 is 4.79 Å². The van der Waals surface area contributed by atoms with E-state index in [0.717, 1.165) is 13.0 Å². The molecule has 3 atom stereocenters. The Bertz CT molecular complexity index is 468. The summed E-state index contributed by atoms with van der Waals surface area (Å²) in [7, 11) is 0. The molecule has 2 aliphatic rings. The average molecular weight is 258 g/mol. The molecule has 3 rings (SSSR count). The number of amides is 1. The van der Waals surface area contributed by atoms with Gasteiger partial charge in [0.15, 0.2) is 0 Å². The van der Waals surface area contributed by atoms with Crippen LogP contribution in [0.15, 0.2) is 24.3 Å². The molecule has 1 N–H and O–H groups in total. The number of fused-ring (bicyclic) bond motifs is 2. The molecule has 3 unspecified atom stereocenters. The van der Waals surface area contributed by atoms with Crippen molar-refractivity contribution in [2.75, 3.05) is 0 Å². The molecule has 2 heterocycles. The van der Waals surface area contributed by atoms with Crippen LogP contribution in [0.3, 0.4) is 0 Å². The largest absolute Gasteiger partial charge is 0.352 e. The van der Waals surface area contributed by atoms with Gasteiger partial charge in [0.05, 0.1) is 0 Å². The van der Waals surface area contributed by atoms with Crippen LogP contribution in [0.25, 0.3) is 0 Å². The second-order valence-corrected chi connectivity index (χ2v) is 6.00. The van der Waals surface area contributed by atoms with Crippen molar-refractivity contribution in [1.29, 1.82) is 0 Å². The van der Waals surface area contributed by atoms with E-state index >= 15 is 0 Å². The number of rotatable bonds is 3. The maximum Gasteiger partial charge on any atom is 0.217 e. The fraction of sp³-hybridized carbons (Fsp3) is 0.562. The standard InChI is InChI=1S/C16H22N2O/c1-11-3-5-13(6-4-11)10-18-14-7-8-16(18)15(9-14)17-12(2)19/h3-6,14-16H,7-10H2,1-2H3,(H,17,19). The number of aryl methyl sites for hydroxylation is 1. The molecule has 1 aromatic carbocycles. The van der Waals surface area contributed by atoms with Gasteiger partial charge in [0.2, 0.25) is 5.91 Å². The summed E-state index contributed by atoms with van der Waals surface area (Å²) in [5.41, 5.74) is 2.69. The predicted molar refractivity (Wildman–Crippen MR) is 75.8 cm³/mol. The molecule has 2 bridgehead atoms. The molecule has 0 aromatic heterocycles. The molecule has 0 radical (unpaired) electrons. The fourth-order valence-electron chi connectivity index (χ4n) is 3.67.